The Kier molecular flexibility index (Phi) is 3.37. The highest BCUT2D eigenvalue weighted by Gasteiger charge is 2.16. The van der Waals surface area contributed by atoms with E-state index in [9.17, 15) is 0 Å². The van der Waals surface area contributed by atoms with Crippen LogP contribution >= 0.6 is 0 Å². The summed E-state index contributed by atoms with van der Waals surface area (Å²) in [5.74, 6) is 0. The van der Waals surface area contributed by atoms with Gasteiger partial charge in [-0.2, -0.15) is 0 Å². The molecule has 0 atom stereocenters. The fraction of sp³-hybridized carbons (Fsp3) is 0.438. The van der Waals surface area contributed by atoms with Gasteiger partial charge < -0.3 is 19.5 Å². The highest BCUT2D eigenvalue weighted by Crippen LogP contribution is 2.22. The van der Waals surface area contributed by atoms with E-state index in [1.807, 2.05) is 6.33 Å². The van der Waals surface area contributed by atoms with Crippen LogP contribution in [-0.4, -0.2) is 42.4 Å². The van der Waals surface area contributed by atoms with Crippen LogP contribution in [0.5, 0.6) is 0 Å². The molecule has 2 aliphatic heterocycles. The zero-order valence-corrected chi connectivity index (χ0v) is 12.1. The third kappa shape index (κ3) is 2.43. The van der Waals surface area contributed by atoms with Gasteiger partial charge in [0.2, 0.25) is 0 Å². The first kappa shape index (κ1) is 12.9. The van der Waals surface area contributed by atoms with E-state index in [4.69, 9.17) is 4.74 Å². The van der Waals surface area contributed by atoms with E-state index in [1.165, 1.54) is 22.8 Å². The fourth-order valence-electron chi connectivity index (χ4n) is 3.10. The summed E-state index contributed by atoms with van der Waals surface area (Å²) in [6.45, 7) is 5.52. The number of hydrogen-bond donors (Lipinski definition) is 1. The smallest absolute Gasteiger partial charge is 0.0998 e. The molecule has 0 amide bonds. The van der Waals surface area contributed by atoms with E-state index in [1.54, 1.807) is 0 Å². The number of fused-ring (bicyclic) bond motifs is 1. The Bertz CT molecular complexity index is 614. The third-order valence-corrected chi connectivity index (χ3v) is 4.29. The van der Waals surface area contributed by atoms with E-state index in [-0.39, 0.29) is 0 Å². The van der Waals surface area contributed by atoms with Gasteiger partial charge in [0.15, 0.2) is 0 Å². The average Bonchev–Trinajstić information content (AvgIpc) is 3.00. The number of imidazole rings is 1. The summed E-state index contributed by atoms with van der Waals surface area (Å²) >= 11 is 0. The first-order valence-corrected chi connectivity index (χ1v) is 7.61. The summed E-state index contributed by atoms with van der Waals surface area (Å²) in [6, 6.07) is 8.78. The number of ether oxygens (including phenoxy) is 1. The number of aromatic nitrogens is 2. The Balaban J connectivity index is 1.60. The second kappa shape index (κ2) is 5.50. The van der Waals surface area contributed by atoms with Gasteiger partial charge in [-0.3, -0.25) is 0 Å². The topological polar surface area (TPSA) is 42.3 Å². The van der Waals surface area contributed by atoms with Gasteiger partial charge in [0.25, 0.3) is 0 Å². The minimum absolute atomic E-state index is 0.823. The molecule has 0 unspecified atom stereocenters. The largest absolute Gasteiger partial charge is 0.378 e. The maximum Gasteiger partial charge on any atom is 0.0998 e. The van der Waals surface area contributed by atoms with E-state index < -0.39 is 0 Å². The number of hydrogen-bond acceptors (Lipinski definition) is 4. The maximum atomic E-state index is 5.41. The molecular weight excluding hydrogens is 264 g/mol. The van der Waals surface area contributed by atoms with Crippen molar-refractivity contribution in [3.05, 3.63) is 42.0 Å². The van der Waals surface area contributed by atoms with Gasteiger partial charge in [0.05, 0.1) is 25.2 Å². The van der Waals surface area contributed by atoms with Crippen molar-refractivity contribution in [2.24, 2.45) is 0 Å². The first-order valence-electron chi connectivity index (χ1n) is 7.61. The Morgan fingerprint density at radius 2 is 1.81 bits per heavy atom. The molecule has 2 aromatic rings. The number of morpholine rings is 1. The number of nitrogens with zero attached hydrogens (tertiary/aromatic N) is 3. The molecule has 0 radical (unpaired) electrons. The number of anilines is 1. The number of benzene rings is 1. The normalized spacial score (nSPS) is 18.6. The van der Waals surface area contributed by atoms with Crippen molar-refractivity contribution in [1.29, 1.82) is 0 Å². The van der Waals surface area contributed by atoms with Crippen LogP contribution in [0.1, 0.15) is 11.4 Å². The molecule has 1 N–H and O–H groups in total. The van der Waals surface area contributed by atoms with Crippen LogP contribution in [0.15, 0.2) is 30.6 Å². The summed E-state index contributed by atoms with van der Waals surface area (Å²) in [7, 11) is 0. The molecular formula is C16H20N4O. The van der Waals surface area contributed by atoms with Gasteiger partial charge in [-0.15, -0.1) is 0 Å². The number of rotatable bonds is 2. The van der Waals surface area contributed by atoms with Crippen LogP contribution in [-0.2, 0) is 17.7 Å². The van der Waals surface area contributed by atoms with Gasteiger partial charge in [-0.1, -0.05) is 0 Å². The van der Waals surface area contributed by atoms with Crippen molar-refractivity contribution < 1.29 is 4.74 Å². The lowest BCUT2D eigenvalue weighted by atomic mass is 10.1. The molecule has 21 heavy (non-hydrogen) atoms. The van der Waals surface area contributed by atoms with Crippen LogP contribution in [0.2, 0.25) is 0 Å². The monoisotopic (exact) mass is 284 g/mol. The zero-order valence-electron chi connectivity index (χ0n) is 12.1. The molecule has 0 spiro atoms. The SMILES string of the molecule is c1cc(-n2cnc3c2CCNC3)ccc1N1CCOCC1. The van der Waals surface area contributed by atoms with E-state index >= 15 is 0 Å². The van der Waals surface area contributed by atoms with Gasteiger partial charge in [-0.25, -0.2) is 4.98 Å². The lowest BCUT2D eigenvalue weighted by Gasteiger charge is -2.29. The van der Waals surface area contributed by atoms with Crippen LogP contribution in [0, 0.1) is 0 Å². The minimum Gasteiger partial charge on any atom is -0.378 e. The molecule has 1 aromatic heterocycles. The Labute approximate surface area is 124 Å². The second-order valence-corrected chi connectivity index (χ2v) is 5.55. The molecule has 1 fully saturated rings. The van der Waals surface area contributed by atoms with Crippen LogP contribution < -0.4 is 10.2 Å². The van der Waals surface area contributed by atoms with Crippen LogP contribution in [0.25, 0.3) is 5.69 Å². The molecule has 110 valence electrons. The van der Waals surface area contributed by atoms with Crippen molar-refractivity contribution in [3.63, 3.8) is 0 Å². The molecule has 1 saturated heterocycles. The van der Waals surface area contributed by atoms with Gasteiger partial charge >= 0.3 is 0 Å². The predicted molar refractivity (Wildman–Crippen MR) is 82.0 cm³/mol. The lowest BCUT2D eigenvalue weighted by molar-refractivity contribution is 0.122. The van der Waals surface area contributed by atoms with E-state index in [2.05, 4.69) is 44.0 Å². The van der Waals surface area contributed by atoms with Crippen molar-refractivity contribution in [1.82, 2.24) is 14.9 Å². The Hall–Kier alpha value is -1.85. The summed E-state index contributed by atoms with van der Waals surface area (Å²) in [4.78, 5) is 6.89. The van der Waals surface area contributed by atoms with Crippen molar-refractivity contribution in [3.8, 4) is 5.69 Å². The second-order valence-electron chi connectivity index (χ2n) is 5.55. The molecule has 5 nitrogen and oxygen atoms in total. The lowest BCUT2D eigenvalue weighted by Crippen LogP contribution is -2.36. The molecule has 3 heterocycles. The highest BCUT2D eigenvalue weighted by atomic mass is 16.5. The quantitative estimate of drug-likeness (QED) is 0.904. The highest BCUT2D eigenvalue weighted by molar-refractivity contribution is 5.51. The summed E-state index contributed by atoms with van der Waals surface area (Å²) < 4.78 is 7.63. The molecule has 1 aromatic carbocycles. The van der Waals surface area contributed by atoms with Crippen molar-refractivity contribution in [2.45, 2.75) is 13.0 Å². The summed E-state index contributed by atoms with van der Waals surface area (Å²) in [5.41, 5.74) is 4.99. The average molecular weight is 284 g/mol. The zero-order chi connectivity index (χ0) is 14.1. The van der Waals surface area contributed by atoms with Gasteiger partial charge in [-0.05, 0) is 24.3 Å². The molecule has 4 rings (SSSR count). The van der Waals surface area contributed by atoms with E-state index in [0.717, 1.165) is 45.8 Å². The fourth-order valence-corrected chi connectivity index (χ4v) is 3.10. The number of nitrogens with one attached hydrogen (secondary N) is 1. The Morgan fingerprint density at radius 1 is 1.05 bits per heavy atom. The van der Waals surface area contributed by atoms with E-state index in [0.29, 0.717) is 0 Å². The molecule has 0 bridgehead atoms. The van der Waals surface area contributed by atoms with Gasteiger partial charge in [0.1, 0.15) is 0 Å². The van der Waals surface area contributed by atoms with Crippen molar-refractivity contribution in [2.75, 3.05) is 37.7 Å². The molecule has 0 aliphatic carbocycles. The predicted octanol–water partition coefficient (Wildman–Crippen LogP) is 1.35. The third-order valence-electron chi connectivity index (χ3n) is 4.29. The van der Waals surface area contributed by atoms with Crippen LogP contribution in [0.4, 0.5) is 5.69 Å². The summed E-state index contributed by atoms with van der Waals surface area (Å²) in [5, 5.41) is 3.36. The Morgan fingerprint density at radius 3 is 2.62 bits per heavy atom. The summed E-state index contributed by atoms with van der Waals surface area (Å²) in [6.07, 6.45) is 2.99. The molecule has 2 aliphatic rings. The first-order chi connectivity index (χ1) is 10.4. The minimum atomic E-state index is 0.823. The van der Waals surface area contributed by atoms with Crippen LogP contribution in [0.3, 0.4) is 0 Å². The van der Waals surface area contributed by atoms with Gasteiger partial charge in [0, 0.05) is 49.7 Å². The molecule has 0 saturated carbocycles. The maximum absolute atomic E-state index is 5.41. The standard InChI is InChI=1S/C16H20N4O/c1-3-14(4-2-13(1)19-7-9-21-10-8-19)20-12-18-15-11-17-6-5-16(15)20/h1-4,12,17H,5-11H2. The van der Waals surface area contributed by atoms with Crippen molar-refractivity contribution >= 4 is 5.69 Å². The molecule has 5 heteroatoms.